The van der Waals surface area contributed by atoms with Crippen molar-refractivity contribution in [1.82, 2.24) is 0 Å². The van der Waals surface area contributed by atoms with E-state index in [9.17, 15) is 13.2 Å². The standard InChI is InChI=1S/C23H23F3O2/c1-3-13-23(26)14-27-20(28-15-23)12-10-18-9-11-19(22(25)21(18)24)17-7-5-16(4-2)6-8-17/h5-9,11,20H,3-4,13-15H2,1-2H3. The Balaban J connectivity index is 1.75. The minimum absolute atomic E-state index is 0.0933. The van der Waals surface area contributed by atoms with Gasteiger partial charge in [0.05, 0.1) is 18.8 Å². The fourth-order valence-electron chi connectivity index (χ4n) is 3.14. The van der Waals surface area contributed by atoms with Gasteiger partial charge < -0.3 is 9.47 Å². The average Bonchev–Trinajstić information content (AvgIpc) is 2.71. The van der Waals surface area contributed by atoms with Crippen molar-refractivity contribution in [2.24, 2.45) is 0 Å². The first-order chi connectivity index (χ1) is 13.5. The fourth-order valence-corrected chi connectivity index (χ4v) is 3.14. The lowest BCUT2D eigenvalue weighted by Gasteiger charge is -2.31. The van der Waals surface area contributed by atoms with Crippen molar-refractivity contribution in [2.75, 3.05) is 13.2 Å². The summed E-state index contributed by atoms with van der Waals surface area (Å²) in [4.78, 5) is 0. The molecular formula is C23H23F3O2. The molecular weight excluding hydrogens is 365 g/mol. The van der Waals surface area contributed by atoms with Crippen LogP contribution in [0.3, 0.4) is 0 Å². The lowest BCUT2D eigenvalue weighted by molar-refractivity contribution is -0.208. The van der Waals surface area contributed by atoms with E-state index in [0.717, 1.165) is 12.0 Å². The highest BCUT2D eigenvalue weighted by molar-refractivity contribution is 5.66. The Kier molecular flexibility index (Phi) is 6.43. The molecule has 0 radical (unpaired) electrons. The van der Waals surface area contributed by atoms with Crippen molar-refractivity contribution < 1.29 is 22.6 Å². The van der Waals surface area contributed by atoms with Gasteiger partial charge >= 0.3 is 0 Å². The van der Waals surface area contributed by atoms with Gasteiger partial charge in [0, 0.05) is 5.56 Å². The normalized spacial score (nSPS) is 21.8. The van der Waals surface area contributed by atoms with Crippen molar-refractivity contribution in [3.8, 4) is 23.0 Å². The third-order valence-corrected chi connectivity index (χ3v) is 4.77. The Morgan fingerprint density at radius 3 is 2.29 bits per heavy atom. The van der Waals surface area contributed by atoms with Gasteiger partial charge in [0.2, 0.25) is 6.29 Å². The maximum Gasteiger partial charge on any atom is 0.223 e. The summed E-state index contributed by atoms with van der Waals surface area (Å²) in [5.74, 6) is 3.16. The lowest BCUT2D eigenvalue weighted by atomic mass is 10.0. The Hall–Kier alpha value is -2.29. The van der Waals surface area contributed by atoms with E-state index in [1.54, 1.807) is 12.1 Å². The summed E-state index contributed by atoms with van der Waals surface area (Å²) in [6.07, 6.45) is 0.939. The van der Waals surface area contributed by atoms with E-state index >= 15 is 0 Å². The quantitative estimate of drug-likeness (QED) is 0.651. The molecule has 3 rings (SSSR count). The minimum Gasteiger partial charge on any atom is -0.339 e. The van der Waals surface area contributed by atoms with E-state index in [2.05, 4.69) is 11.8 Å². The third-order valence-electron chi connectivity index (χ3n) is 4.77. The predicted octanol–water partition coefficient (Wildman–Crippen LogP) is 5.43. The van der Waals surface area contributed by atoms with Crippen LogP contribution in [0.4, 0.5) is 13.2 Å². The summed E-state index contributed by atoms with van der Waals surface area (Å²) in [5, 5.41) is 0. The molecule has 2 nitrogen and oxygen atoms in total. The third kappa shape index (κ3) is 4.57. The molecule has 0 saturated carbocycles. The van der Waals surface area contributed by atoms with Crippen molar-refractivity contribution in [3.63, 3.8) is 0 Å². The Morgan fingerprint density at radius 2 is 1.68 bits per heavy atom. The molecule has 5 heteroatoms. The molecule has 0 N–H and O–H groups in total. The average molecular weight is 388 g/mol. The predicted molar refractivity (Wildman–Crippen MR) is 102 cm³/mol. The number of alkyl halides is 1. The molecule has 0 spiro atoms. The first kappa shape index (κ1) is 20.4. The Morgan fingerprint density at radius 1 is 1.00 bits per heavy atom. The van der Waals surface area contributed by atoms with Crippen molar-refractivity contribution in [2.45, 2.75) is 45.1 Å². The minimum atomic E-state index is -1.51. The van der Waals surface area contributed by atoms with Gasteiger partial charge in [-0.25, -0.2) is 13.2 Å². The molecule has 1 aliphatic rings. The Bertz CT molecular complexity index is 873. The smallest absolute Gasteiger partial charge is 0.223 e. The molecule has 0 bridgehead atoms. The van der Waals surface area contributed by atoms with Crippen molar-refractivity contribution in [1.29, 1.82) is 0 Å². The summed E-state index contributed by atoms with van der Waals surface area (Å²) in [7, 11) is 0. The molecule has 1 aliphatic heterocycles. The first-order valence-corrected chi connectivity index (χ1v) is 9.46. The second-order valence-electron chi connectivity index (χ2n) is 6.96. The zero-order valence-corrected chi connectivity index (χ0v) is 16.0. The number of rotatable bonds is 4. The van der Waals surface area contributed by atoms with E-state index < -0.39 is 23.6 Å². The van der Waals surface area contributed by atoms with Crippen LogP contribution in [0.25, 0.3) is 11.1 Å². The van der Waals surface area contributed by atoms with E-state index in [-0.39, 0.29) is 24.3 Å². The van der Waals surface area contributed by atoms with Gasteiger partial charge in [-0.1, -0.05) is 50.5 Å². The summed E-state index contributed by atoms with van der Waals surface area (Å²) < 4.78 is 53.8. The molecule has 0 aliphatic carbocycles. The second-order valence-corrected chi connectivity index (χ2v) is 6.96. The number of hydrogen-bond acceptors (Lipinski definition) is 2. The van der Waals surface area contributed by atoms with Crippen LogP contribution < -0.4 is 0 Å². The summed E-state index contributed by atoms with van der Waals surface area (Å²) in [6.45, 7) is 3.67. The van der Waals surface area contributed by atoms with Crippen LogP contribution in [0.2, 0.25) is 0 Å². The van der Waals surface area contributed by atoms with Crippen LogP contribution in [-0.2, 0) is 15.9 Å². The number of benzene rings is 2. The van der Waals surface area contributed by atoms with Crippen LogP contribution in [0.15, 0.2) is 36.4 Å². The molecule has 0 aromatic heterocycles. The molecule has 2 aromatic carbocycles. The SMILES string of the molecule is CCCC1(F)COC(C#Cc2ccc(-c3ccc(CC)cc3)c(F)c2F)OC1. The molecule has 0 amide bonds. The molecule has 148 valence electrons. The molecule has 1 saturated heterocycles. The van der Waals surface area contributed by atoms with Gasteiger partial charge in [-0.3, -0.25) is 0 Å². The molecule has 0 unspecified atom stereocenters. The van der Waals surface area contributed by atoms with Crippen molar-refractivity contribution >= 4 is 0 Å². The lowest BCUT2D eigenvalue weighted by Crippen LogP contribution is -2.43. The number of hydrogen-bond donors (Lipinski definition) is 0. The monoisotopic (exact) mass is 388 g/mol. The number of ether oxygens (including phenoxy) is 2. The van der Waals surface area contributed by atoms with E-state index in [1.165, 1.54) is 12.1 Å². The van der Waals surface area contributed by atoms with Gasteiger partial charge in [0.25, 0.3) is 0 Å². The zero-order chi connectivity index (χ0) is 20.1. The highest BCUT2D eigenvalue weighted by Gasteiger charge is 2.35. The highest BCUT2D eigenvalue weighted by Crippen LogP contribution is 2.27. The van der Waals surface area contributed by atoms with Gasteiger partial charge in [0.15, 0.2) is 17.3 Å². The first-order valence-electron chi connectivity index (χ1n) is 9.46. The molecule has 0 atom stereocenters. The number of aryl methyl sites for hydroxylation is 1. The largest absolute Gasteiger partial charge is 0.339 e. The van der Waals surface area contributed by atoms with Crippen LogP contribution in [0, 0.1) is 23.5 Å². The van der Waals surface area contributed by atoms with Crippen LogP contribution in [0.5, 0.6) is 0 Å². The van der Waals surface area contributed by atoms with Gasteiger partial charge in [-0.15, -0.1) is 0 Å². The topological polar surface area (TPSA) is 18.5 Å². The summed E-state index contributed by atoms with van der Waals surface area (Å²) in [5.41, 5.74) is 0.291. The molecule has 1 heterocycles. The zero-order valence-electron chi connectivity index (χ0n) is 16.0. The van der Waals surface area contributed by atoms with E-state index in [4.69, 9.17) is 9.47 Å². The van der Waals surface area contributed by atoms with Gasteiger partial charge in [0.1, 0.15) is 0 Å². The molecule has 2 aromatic rings. The van der Waals surface area contributed by atoms with Crippen LogP contribution in [0.1, 0.15) is 37.8 Å². The van der Waals surface area contributed by atoms with E-state index in [0.29, 0.717) is 18.4 Å². The van der Waals surface area contributed by atoms with Gasteiger partial charge in [-0.05, 0) is 42.0 Å². The highest BCUT2D eigenvalue weighted by atomic mass is 19.2. The maximum absolute atomic E-state index is 14.5. The molecule has 1 fully saturated rings. The summed E-state index contributed by atoms with van der Waals surface area (Å²) >= 11 is 0. The van der Waals surface area contributed by atoms with Gasteiger partial charge in [-0.2, -0.15) is 0 Å². The molecule has 28 heavy (non-hydrogen) atoms. The number of halogens is 3. The van der Waals surface area contributed by atoms with Crippen LogP contribution >= 0.6 is 0 Å². The van der Waals surface area contributed by atoms with Crippen molar-refractivity contribution in [3.05, 3.63) is 59.2 Å². The summed E-state index contributed by atoms with van der Waals surface area (Å²) in [6, 6.07) is 10.2. The van der Waals surface area contributed by atoms with Crippen LogP contribution in [-0.4, -0.2) is 25.2 Å². The maximum atomic E-state index is 14.5. The second kappa shape index (κ2) is 8.81. The fraction of sp³-hybridized carbons (Fsp3) is 0.391. The van der Waals surface area contributed by atoms with E-state index in [1.807, 2.05) is 26.0 Å². The Labute approximate surface area is 163 Å².